The van der Waals surface area contributed by atoms with Crippen molar-refractivity contribution in [3.05, 3.63) is 29.3 Å². The molecule has 0 saturated carbocycles. The lowest BCUT2D eigenvalue weighted by atomic mass is 9.85. The molecule has 0 unspecified atom stereocenters. The predicted octanol–water partition coefficient (Wildman–Crippen LogP) is 4.32. The zero-order chi connectivity index (χ0) is 15.0. The van der Waals surface area contributed by atoms with Crippen LogP contribution in [0.1, 0.15) is 58.6 Å². The van der Waals surface area contributed by atoms with Crippen molar-refractivity contribution >= 4 is 0 Å². The van der Waals surface area contributed by atoms with Crippen molar-refractivity contribution in [2.24, 2.45) is 0 Å². The molecule has 0 aromatic heterocycles. The molecular weight excluding hydrogens is 246 g/mol. The van der Waals surface area contributed by atoms with Crippen LogP contribution in [-0.4, -0.2) is 19.7 Å². The van der Waals surface area contributed by atoms with E-state index in [-0.39, 0.29) is 5.41 Å². The smallest absolute Gasteiger partial charge is 0.123 e. The van der Waals surface area contributed by atoms with Gasteiger partial charge in [-0.15, -0.1) is 0 Å². The minimum Gasteiger partial charge on any atom is -0.493 e. The molecule has 0 aliphatic heterocycles. The van der Waals surface area contributed by atoms with Gasteiger partial charge >= 0.3 is 0 Å². The van der Waals surface area contributed by atoms with E-state index in [1.807, 2.05) is 0 Å². The maximum atomic E-state index is 6.02. The summed E-state index contributed by atoms with van der Waals surface area (Å²) < 4.78 is 6.02. The maximum absolute atomic E-state index is 6.02. The molecule has 1 N–H and O–H groups in total. The number of benzene rings is 1. The second kappa shape index (κ2) is 8.31. The fourth-order valence-electron chi connectivity index (χ4n) is 2.22. The lowest BCUT2D eigenvalue weighted by Crippen LogP contribution is -2.16. The third-order valence-electron chi connectivity index (χ3n) is 3.52. The van der Waals surface area contributed by atoms with Crippen LogP contribution in [0, 0.1) is 0 Å². The van der Waals surface area contributed by atoms with Gasteiger partial charge in [0.05, 0.1) is 6.61 Å². The molecule has 20 heavy (non-hydrogen) atoms. The highest BCUT2D eigenvalue weighted by Gasteiger charge is 2.19. The highest BCUT2D eigenvalue weighted by Crippen LogP contribution is 2.32. The zero-order valence-electron chi connectivity index (χ0n) is 13.9. The van der Waals surface area contributed by atoms with E-state index in [1.54, 1.807) is 0 Å². The summed E-state index contributed by atoms with van der Waals surface area (Å²) in [5, 5.41) is 3.34. The molecule has 0 fully saturated rings. The molecule has 2 heteroatoms. The quantitative estimate of drug-likeness (QED) is 0.715. The summed E-state index contributed by atoms with van der Waals surface area (Å²) in [6.07, 6.45) is 3.35. The number of rotatable bonds is 8. The van der Waals surface area contributed by atoms with E-state index in [4.69, 9.17) is 4.74 Å². The van der Waals surface area contributed by atoms with Crippen LogP contribution in [0.3, 0.4) is 0 Å². The molecule has 0 aliphatic carbocycles. The van der Waals surface area contributed by atoms with Crippen molar-refractivity contribution in [3.63, 3.8) is 0 Å². The summed E-state index contributed by atoms with van der Waals surface area (Å²) in [4.78, 5) is 0. The Bertz CT molecular complexity index is 393. The van der Waals surface area contributed by atoms with Gasteiger partial charge in [0.2, 0.25) is 0 Å². The van der Waals surface area contributed by atoms with Gasteiger partial charge in [-0.2, -0.15) is 0 Å². The van der Waals surface area contributed by atoms with Gasteiger partial charge in [0, 0.05) is 0 Å². The monoisotopic (exact) mass is 277 g/mol. The Morgan fingerprint density at radius 3 is 2.45 bits per heavy atom. The second-order valence-electron chi connectivity index (χ2n) is 6.34. The first-order chi connectivity index (χ1) is 9.49. The molecule has 0 bridgehead atoms. The molecule has 114 valence electrons. The Labute approximate surface area is 124 Å². The van der Waals surface area contributed by atoms with Crippen molar-refractivity contribution in [2.75, 3.05) is 19.7 Å². The van der Waals surface area contributed by atoms with Gasteiger partial charge in [0.1, 0.15) is 5.75 Å². The van der Waals surface area contributed by atoms with E-state index in [0.717, 1.165) is 38.3 Å². The Balaban J connectivity index is 2.60. The van der Waals surface area contributed by atoms with E-state index < -0.39 is 0 Å². The van der Waals surface area contributed by atoms with Gasteiger partial charge in [-0.1, -0.05) is 46.8 Å². The molecule has 1 aromatic carbocycles. The van der Waals surface area contributed by atoms with Gasteiger partial charge < -0.3 is 10.1 Å². The summed E-state index contributed by atoms with van der Waals surface area (Å²) in [6, 6.07) is 6.63. The summed E-state index contributed by atoms with van der Waals surface area (Å²) in [5.41, 5.74) is 2.84. The minimum atomic E-state index is 0.129. The Morgan fingerprint density at radius 2 is 1.85 bits per heavy atom. The molecule has 0 amide bonds. The molecule has 0 saturated heterocycles. The SMILES string of the molecule is CCNCCCCOc1ccc(CC)cc1C(C)(C)C. The standard InChI is InChI=1S/C18H31NO/c1-6-15-10-11-17(16(14-15)18(3,4)5)20-13-9-8-12-19-7-2/h10-11,14,19H,6-9,12-13H2,1-5H3. The largest absolute Gasteiger partial charge is 0.493 e. The zero-order valence-corrected chi connectivity index (χ0v) is 13.9. The highest BCUT2D eigenvalue weighted by molar-refractivity contribution is 5.41. The molecule has 0 spiro atoms. The molecule has 0 atom stereocenters. The molecule has 1 aromatic rings. The van der Waals surface area contributed by atoms with Gasteiger partial charge in [0.15, 0.2) is 0 Å². The van der Waals surface area contributed by atoms with Crippen LogP contribution in [0.5, 0.6) is 5.75 Å². The lowest BCUT2D eigenvalue weighted by molar-refractivity contribution is 0.298. The number of aryl methyl sites for hydroxylation is 1. The number of nitrogens with one attached hydrogen (secondary N) is 1. The maximum Gasteiger partial charge on any atom is 0.123 e. The molecule has 0 radical (unpaired) electrons. The molecule has 1 rings (SSSR count). The summed E-state index contributed by atoms with van der Waals surface area (Å²) >= 11 is 0. The Morgan fingerprint density at radius 1 is 1.10 bits per heavy atom. The average Bonchev–Trinajstić information content (AvgIpc) is 2.41. The first-order valence-electron chi connectivity index (χ1n) is 7.96. The average molecular weight is 277 g/mol. The number of unbranched alkanes of at least 4 members (excludes halogenated alkanes) is 1. The molecule has 0 aliphatic rings. The van der Waals surface area contributed by atoms with Gasteiger partial charge in [-0.05, 0) is 55.0 Å². The van der Waals surface area contributed by atoms with Gasteiger partial charge in [-0.25, -0.2) is 0 Å². The van der Waals surface area contributed by atoms with Gasteiger partial charge in [-0.3, -0.25) is 0 Å². The fourth-order valence-corrected chi connectivity index (χ4v) is 2.22. The van der Waals surface area contributed by atoms with Crippen LogP contribution in [0.4, 0.5) is 0 Å². The van der Waals surface area contributed by atoms with E-state index in [1.165, 1.54) is 17.5 Å². The Hall–Kier alpha value is -1.02. The van der Waals surface area contributed by atoms with Crippen molar-refractivity contribution in [2.45, 2.75) is 59.3 Å². The Kier molecular flexibility index (Phi) is 7.08. The first-order valence-corrected chi connectivity index (χ1v) is 7.96. The molecule has 0 heterocycles. The number of hydrogen-bond donors (Lipinski definition) is 1. The minimum absolute atomic E-state index is 0.129. The third-order valence-corrected chi connectivity index (χ3v) is 3.52. The van der Waals surface area contributed by atoms with Gasteiger partial charge in [0.25, 0.3) is 0 Å². The van der Waals surface area contributed by atoms with E-state index in [2.05, 4.69) is 58.1 Å². The normalized spacial score (nSPS) is 11.7. The van der Waals surface area contributed by atoms with Crippen LogP contribution in [0.25, 0.3) is 0 Å². The van der Waals surface area contributed by atoms with Crippen LogP contribution < -0.4 is 10.1 Å². The van der Waals surface area contributed by atoms with Crippen molar-refractivity contribution < 1.29 is 4.74 Å². The van der Waals surface area contributed by atoms with Crippen LogP contribution >= 0.6 is 0 Å². The predicted molar refractivity (Wildman–Crippen MR) is 87.8 cm³/mol. The summed E-state index contributed by atoms with van der Waals surface area (Å²) in [6.45, 7) is 14.0. The lowest BCUT2D eigenvalue weighted by Gasteiger charge is -2.23. The van der Waals surface area contributed by atoms with Crippen LogP contribution in [0.15, 0.2) is 18.2 Å². The van der Waals surface area contributed by atoms with E-state index in [9.17, 15) is 0 Å². The topological polar surface area (TPSA) is 21.3 Å². The van der Waals surface area contributed by atoms with E-state index in [0.29, 0.717) is 0 Å². The van der Waals surface area contributed by atoms with Crippen molar-refractivity contribution in [1.29, 1.82) is 0 Å². The van der Waals surface area contributed by atoms with Crippen LogP contribution in [-0.2, 0) is 11.8 Å². The summed E-state index contributed by atoms with van der Waals surface area (Å²) in [7, 11) is 0. The highest BCUT2D eigenvalue weighted by atomic mass is 16.5. The fraction of sp³-hybridized carbons (Fsp3) is 0.667. The summed E-state index contributed by atoms with van der Waals surface area (Å²) in [5.74, 6) is 1.05. The number of ether oxygens (including phenoxy) is 1. The third kappa shape index (κ3) is 5.54. The van der Waals surface area contributed by atoms with Crippen molar-refractivity contribution in [3.8, 4) is 5.75 Å². The second-order valence-corrected chi connectivity index (χ2v) is 6.34. The number of hydrogen-bond acceptors (Lipinski definition) is 2. The van der Waals surface area contributed by atoms with Crippen molar-refractivity contribution in [1.82, 2.24) is 5.32 Å². The van der Waals surface area contributed by atoms with Crippen LogP contribution in [0.2, 0.25) is 0 Å². The molecular formula is C18H31NO. The molecule has 2 nitrogen and oxygen atoms in total. The van der Waals surface area contributed by atoms with E-state index >= 15 is 0 Å². The first kappa shape index (κ1) is 17.0.